The number of ether oxygens (including phenoxy) is 1. The number of aryl methyl sites for hydroxylation is 1. The zero-order valence-corrected chi connectivity index (χ0v) is 14.3. The van der Waals surface area contributed by atoms with Crippen LogP contribution in [0.2, 0.25) is 0 Å². The van der Waals surface area contributed by atoms with Gasteiger partial charge in [0.15, 0.2) is 0 Å². The molecule has 0 radical (unpaired) electrons. The van der Waals surface area contributed by atoms with Crippen LogP contribution in [0, 0.1) is 0 Å². The predicted molar refractivity (Wildman–Crippen MR) is 97.8 cm³/mol. The molecule has 0 spiro atoms. The van der Waals surface area contributed by atoms with Gasteiger partial charge in [0.2, 0.25) is 5.91 Å². The summed E-state index contributed by atoms with van der Waals surface area (Å²) < 4.78 is 5.42. The highest BCUT2D eigenvalue weighted by Crippen LogP contribution is 2.30. The average Bonchev–Trinajstić information content (AvgIpc) is 2.59. The maximum absolute atomic E-state index is 12.5. The molecule has 1 aliphatic rings. The van der Waals surface area contributed by atoms with Crippen molar-refractivity contribution in [2.24, 2.45) is 0 Å². The Bertz CT molecular complexity index is 697. The van der Waals surface area contributed by atoms with Gasteiger partial charge in [-0.2, -0.15) is 0 Å². The smallest absolute Gasteiger partial charge is 0.243 e. The first-order valence-electron chi connectivity index (χ1n) is 8.54. The first kappa shape index (κ1) is 16.4. The Labute approximate surface area is 143 Å². The van der Waals surface area contributed by atoms with E-state index in [0.29, 0.717) is 19.2 Å². The summed E-state index contributed by atoms with van der Waals surface area (Å²) >= 11 is 0. The van der Waals surface area contributed by atoms with Crippen LogP contribution in [0.1, 0.15) is 25.8 Å². The highest BCUT2D eigenvalue weighted by Gasteiger charge is 2.24. The molecule has 1 aliphatic heterocycles. The predicted octanol–water partition coefficient (Wildman–Crippen LogP) is 3.87. The van der Waals surface area contributed by atoms with Gasteiger partial charge in [-0.05, 0) is 62.6 Å². The van der Waals surface area contributed by atoms with Gasteiger partial charge in [-0.15, -0.1) is 0 Å². The number of benzene rings is 2. The minimum atomic E-state index is 0.00251. The molecule has 0 unspecified atom stereocenters. The molecule has 24 heavy (non-hydrogen) atoms. The molecule has 0 aliphatic carbocycles. The van der Waals surface area contributed by atoms with Gasteiger partial charge >= 0.3 is 0 Å². The standard InChI is InChI=1S/C20H24N2O2/c1-3-24-18-12-10-17(11-13-18)21-20(23)14-22-15(2)8-9-16-6-4-5-7-19(16)22/h4-7,10-13,15H,3,8-9,14H2,1-2H3,(H,21,23)/t15-/m0/s1. The van der Waals surface area contributed by atoms with E-state index in [0.717, 1.165) is 24.3 Å². The molecule has 2 aromatic carbocycles. The van der Waals surface area contributed by atoms with Crippen LogP contribution >= 0.6 is 0 Å². The molecule has 4 heteroatoms. The summed E-state index contributed by atoms with van der Waals surface area (Å²) in [5.41, 5.74) is 3.30. The Morgan fingerprint density at radius 2 is 1.96 bits per heavy atom. The van der Waals surface area contributed by atoms with Gasteiger partial charge in [-0.1, -0.05) is 18.2 Å². The summed E-state index contributed by atoms with van der Waals surface area (Å²) in [4.78, 5) is 14.7. The molecule has 3 rings (SSSR count). The zero-order chi connectivity index (χ0) is 16.9. The number of nitrogens with zero attached hydrogens (tertiary/aromatic N) is 1. The summed E-state index contributed by atoms with van der Waals surface area (Å²) in [5.74, 6) is 0.816. The Balaban J connectivity index is 1.66. The number of carbonyl (C=O) groups is 1. The molecule has 4 nitrogen and oxygen atoms in total. The summed E-state index contributed by atoms with van der Waals surface area (Å²) in [6, 6.07) is 16.2. The van der Waals surface area contributed by atoms with E-state index in [-0.39, 0.29) is 5.91 Å². The van der Waals surface area contributed by atoms with Gasteiger partial charge in [0, 0.05) is 17.4 Å². The van der Waals surface area contributed by atoms with Crippen molar-refractivity contribution in [2.75, 3.05) is 23.4 Å². The van der Waals surface area contributed by atoms with Crippen molar-refractivity contribution in [1.29, 1.82) is 0 Å². The van der Waals surface area contributed by atoms with Crippen molar-refractivity contribution in [2.45, 2.75) is 32.7 Å². The van der Waals surface area contributed by atoms with Crippen molar-refractivity contribution in [1.82, 2.24) is 0 Å². The lowest BCUT2D eigenvalue weighted by Crippen LogP contribution is -2.42. The molecule has 1 N–H and O–H groups in total. The van der Waals surface area contributed by atoms with Crippen molar-refractivity contribution < 1.29 is 9.53 Å². The molecular formula is C20H24N2O2. The molecule has 1 atom stereocenters. The van der Waals surface area contributed by atoms with E-state index >= 15 is 0 Å². The highest BCUT2D eigenvalue weighted by molar-refractivity contribution is 5.94. The van der Waals surface area contributed by atoms with E-state index in [1.54, 1.807) is 0 Å². The van der Waals surface area contributed by atoms with Crippen molar-refractivity contribution in [3.8, 4) is 5.75 Å². The molecule has 0 bridgehead atoms. The van der Waals surface area contributed by atoms with Crippen LogP contribution in [0.3, 0.4) is 0 Å². The Hall–Kier alpha value is -2.49. The van der Waals surface area contributed by atoms with Crippen LogP contribution in [0.4, 0.5) is 11.4 Å². The van der Waals surface area contributed by atoms with E-state index in [9.17, 15) is 4.79 Å². The number of hydrogen-bond acceptors (Lipinski definition) is 3. The van der Waals surface area contributed by atoms with Gasteiger partial charge in [0.05, 0.1) is 13.2 Å². The highest BCUT2D eigenvalue weighted by atomic mass is 16.5. The number of amides is 1. The second-order valence-electron chi connectivity index (χ2n) is 6.15. The van der Waals surface area contributed by atoms with Crippen LogP contribution in [0.5, 0.6) is 5.75 Å². The fourth-order valence-electron chi connectivity index (χ4n) is 3.16. The quantitative estimate of drug-likeness (QED) is 0.908. The summed E-state index contributed by atoms with van der Waals surface area (Å²) in [5, 5.41) is 2.97. The molecule has 126 valence electrons. The monoisotopic (exact) mass is 324 g/mol. The van der Waals surface area contributed by atoms with E-state index in [4.69, 9.17) is 4.74 Å². The SMILES string of the molecule is CCOc1ccc(NC(=O)CN2c3ccccc3CC[C@@H]2C)cc1. The molecule has 0 saturated heterocycles. The minimum absolute atomic E-state index is 0.00251. The number of hydrogen-bond donors (Lipinski definition) is 1. The third kappa shape index (κ3) is 3.70. The maximum atomic E-state index is 12.5. The molecule has 1 amide bonds. The molecular weight excluding hydrogens is 300 g/mol. The van der Waals surface area contributed by atoms with Crippen LogP contribution in [-0.2, 0) is 11.2 Å². The Morgan fingerprint density at radius 3 is 2.71 bits per heavy atom. The first-order valence-corrected chi connectivity index (χ1v) is 8.54. The van der Waals surface area contributed by atoms with E-state index in [1.165, 1.54) is 11.3 Å². The Morgan fingerprint density at radius 1 is 1.21 bits per heavy atom. The fourth-order valence-corrected chi connectivity index (χ4v) is 3.16. The van der Waals surface area contributed by atoms with Crippen molar-refractivity contribution in [3.05, 3.63) is 54.1 Å². The lowest BCUT2D eigenvalue weighted by molar-refractivity contribution is -0.115. The van der Waals surface area contributed by atoms with Gasteiger partial charge < -0.3 is 15.0 Å². The van der Waals surface area contributed by atoms with Gasteiger partial charge in [0.1, 0.15) is 5.75 Å². The summed E-state index contributed by atoms with van der Waals surface area (Å²) in [7, 11) is 0. The van der Waals surface area contributed by atoms with Gasteiger partial charge in [-0.25, -0.2) is 0 Å². The van der Waals surface area contributed by atoms with Crippen LogP contribution in [-0.4, -0.2) is 25.1 Å². The second-order valence-corrected chi connectivity index (χ2v) is 6.15. The minimum Gasteiger partial charge on any atom is -0.494 e. The number of rotatable bonds is 5. The molecule has 1 heterocycles. The largest absolute Gasteiger partial charge is 0.494 e. The zero-order valence-electron chi connectivity index (χ0n) is 14.3. The van der Waals surface area contributed by atoms with Crippen LogP contribution < -0.4 is 15.0 Å². The summed E-state index contributed by atoms with van der Waals surface area (Å²) in [6.45, 7) is 5.14. The van der Waals surface area contributed by atoms with Crippen LogP contribution in [0.15, 0.2) is 48.5 Å². The number of carbonyl (C=O) groups excluding carboxylic acids is 1. The number of anilines is 2. The normalized spacial score (nSPS) is 16.4. The molecule has 0 aromatic heterocycles. The Kier molecular flexibility index (Phi) is 5.04. The first-order chi connectivity index (χ1) is 11.7. The van der Waals surface area contributed by atoms with E-state index < -0.39 is 0 Å². The average molecular weight is 324 g/mol. The molecule has 0 saturated carbocycles. The van der Waals surface area contributed by atoms with Crippen LogP contribution in [0.25, 0.3) is 0 Å². The topological polar surface area (TPSA) is 41.6 Å². The van der Waals surface area contributed by atoms with Gasteiger partial charge in [0.25, 0.3) is 0 Å². The van der Waals surface area contributed by atoms with E-state index in [2.05, 4.69) is 35.3 Å². The van der Waals surface area contributed by atoms with Crippen molar-refractivity contribution >= 4 is 17.3 Å². The third-order valence-electron chi connectivity index (χ3n) is 4.43. The van der Waals surface area contributed by atoms with E-state index in [1.807, 2.05) is 37.3 Å². The molecule has 2 aromatic rings. The van der Waals surface area contributed by atoms with Gasteiger partial charge in [-0.3, -0.25) is 4.79 Å². The fraction of sp³-hybridized carbons (Fsp3) is 0.350. The number of fused-ring (bicyclic) bond motifs is 1. The lowest BCUT2D eigenvalue weighted by atomic mass is 9.96. The number of nitrogens with one attached hydrogen (secondary N) is 1. The number of para-hydroxylation sites is 1. The second kappa shape index (κ2) is 7.39. The summed E-state index contributed by atoms with van der Waals surface area (Å²) in [6.07, 6.45) is 2.15. The van der Waals surface area contributed by atoms with Crippen molar-refractivity contribution in [3.63, 3.8) is 0 Å². The third-order valence-corrected chi connectivity index (χ3v) is 4.43. The lowest BCUT2D eigenvalue weighted by Gasteiger charge is -2.36. The maximum Gasteiger partial charge on any atom is 0.243 e. The molecule has 0 fully saturated rings.